The second-order valence-corrected chi connectivity index (χ2v) is 6.07. The van der Waals surface area contributed by atoms with E-state index < -0.39 is 26.6 Å². The molecule has 0 saturated carbocycles. The number of fused-ring (bicyclic) bond motifs is 1. The zero-order valence-electron chi connectivity index (χ0n) is 11.3. The van der Waals surface area contributed by atoms with Crippen LogP contribution in [0.2, 0.25) is 0 Å². The van der Waals surface area contributed by atoms with Gasteiger partial charge >= 0.3 is 0 Å². The van der Waals surface area contributed by atoms with Gasteiger partial charge in [0, 0.05) is 19.3 Å². The lowest BCUT2D eigenvalue weighted by Crippen LogP contribution is -2.37. The van der Waals surface area contributed by atoms with E-state index in [9.17, 15) is 17.2 Å². The van der Waals surface area contributed by atoms with Crippen molar-refractivity contribution in [3.63, 3.8) is 0 Å². The van der Waals surface area contributed by atoms with Crippen LogP contribution in [0.15, 0.2) is 45.8 Å². The van der Waals surface area contributed by atoms with Crippen molar-refractivity contribution in [3.05, 3.63) is 48.2 Å². The smallest absolute Gasteiger partial charge is 0.290 e. The van der Waals surface area contributed by atoms with Crippen molar-refractivity contribution >= 4 is 27.5 Å². The molecule has 1 aromatic carbocycles. The number of pyridine rings is 1. The van der Waals surface area contributed by atoms with Crippen LogP contribution in [0.25, 0.3) is 0 Å². The van der Waals surface area contributed by atoms with Gasteiger partial charge in [-0.05, 0) is 18.2 Å². The molecule has 1 aromatic heterocycles. The quantitative estimate of drug-likeness (QED) is 0.868. The predicted molar refractivity (Wildman–Crippen MR) is 77.2 cm³/mol. The number of anilines is 2. The van der Waals surface area contributed by atoms with Crippen LogP contribution in [-0.2, 0) is 10.0 Å². The number of aromatic nitrogens is 1. The average Bonchev–Trinajstić information content (AvgIpc) is 2.45. The molecule has 1 aliphatic rings. The fourth-order valence-corrected chi connectivity index (χ4v) is 3.20. The van der Waals surface area contributed by atoms with Gasteiger partial charge < -0.3 is 5.32 Å². The lowest BCUT2D eigenvalue weighted by molar-refractivity contribution is 0.551. The molecule has 0 amide bonds. The number of nitrogens with one attached hydrogen (secondary N) is 1. The lowest BCUT2D eigenvalue weighted by Gasteiger charge is -2.25. The van der Waals surface area contributed by atoms with E-state index >= 15 is 0 Å². The maximum Gasteiger partial charge on any atom is 0.290 e. The topological polar surface area (TPSA) is 74.7 Å². The molecule has 2 heterocycles. The van der Waals surface area contributed by atoms with Gasteiger partial charge in [0.15, 0.2) is 0 Å². The van der Waals surface area contributed by atoms with Gasteiger partial charge in [0.2, 0.25) is 5.96 Å². The summed E-state index contributed by atoms with van der Waals surface area (Å²) in [5.74, 6) is -1.76. The Balaban J connectivity index is 2.09. The van der Waals surface area contributed by atoms with E-state index in [1.54, 1.807) is 18.2 Å². The summed E-state index contributed by atoms with van der Waals surface area (Å²) in [5, 5.41) is 2.61. The molecule has 0 spiro atoms. The van der Waals surface area contributed by atoms with Crippen molar-refractivity contribution in [1.82, 2.24) is 4.98 Å². The first-order valence-electron chi connectivity index (χ1n) is 6.14. The summed E-state index contributed by atoms with van der Waals surface area (Å²) in [6, 6.07) is 6.45. The zero-order valence-corrected chi connectivity index (χ0v) is 12.1. The summed E-state index contributed by atoms with van der Waals surface area (Å²) < 4.78 is 54.8. The normalized spacial score (nSPS) is 15.5. The summed E-state index contributed by atoms with van der Waals surface area (Å²) in [4.78, 5) is 4.75. The van der Waals surface area contributed by atoms with Gasteiger partial charge in [0.1, 0.15) is 22.3 Å². The van der Waals surface area contributed by atoms with Crippen LogP contribution in [0.4, 0.5) is 20.3 Å². The van der Waals surface area contributed by atoms with Gasteiger partial charge in [-0.25, -0.2) is 13.8 Å². The first kappa shape index (κ1) is 14.4. The highest BCUT2D eigenvalue weighted by Crippen LogP contribution is 2.31. The van der Waals surface area contributed by atoms with Gasteiger partial charge in [-0.15, -0.1) is 4.40 Å². The molecule has 0 bridgehead atoms. The summed E-state index contributed by atoms with van der Waals surface area (Å²) in [6.45, 7) is 0. The van der Waals surface area contributed by atoms with Crippen LogP contribution >= 0.6 is 0 Å². The molecule has 1 N–H and O–H groups in total. The van der Waals surface area contributed by atoms with Crippen molar-refractivity contribution in [2.75, 3.05) is 17.3 Å². The minimum Gasteiger partial charge on any atom is -0.324 e. The lowest BCUT2D eigenvalue weighted by atomic mass is 10.3. The molecule has 0 unspecified atom stereocenters. The number of rotatable bonds is 1. The van der Waals surface area contributed by atoms with Crippen molar-refractivity contribution in [2.24, 2.45) is 4.40 Å². The largest absolute Gasteiger partial charge is 0.324 e. The highest BCUT2D eigenvalue weighted by Gasteiger charge is 2.31. The third kappa shape index (κ3) is 2.39. The molecule has 3 rings (SSSR count). The highest BCUT2D eigenvalue weighted by molar-refractivity contribution is 7.90. The van der Waals surface area contributed by atoms with E-state index in [4.69, 9.17) is 0 Å². The monoisotopic (exact) mass is 324 g/mol. The van der Waals surface area contributed by atoms with Crippen molar-refractivity contribution < 1.29 is 17.2 Å². The van der Waals surface area contributed by atoms with E-state index in [1.165, 1.54) is 18.1 Å². The second kappa shape index (κ2) is 5.02. The molecule has 22 heavy (non-hydrogen) atoms. The highest BCUT2D eigenvalue weighted by atomic mass is 32.2. The molecule has 0 aliphatic carbocycles. The first-order valence-corrected chi connectivity index (χ1v) is 7.58. The van der Waals surface area contributed by atoms with Gasteiger partial charge in [-0.2, -0.15) is 8.42 Å². The first-order chi connectivity index (χ1) is 10.4. The average molecular weight is 324 g/mol. The van der Waals surface area contributed by atoms with E-state index in [-0.39, 0.29) is 11.6 Å². The van der Waals surface area contributed by atoms with Gasteiger partial charge in [0.25, 0.3) is 10.0 Å². The Morgan fingerprint density at radius 1 is 1.23 bits per heavy atom. The van der Waals surface area contributed by atoms with E-state index in [2.05, 4.69) is 14.7 Å². The SMILES string of the molecule is CN(C1=NS(=O)(=O)c2c(F)cc(F)cc2N1)c1ccccn1. The van der Waals surface area contributed by atoms with Gasteiger partial charge in [-0.1, -0.05) is 6.07 Å². The third-order valence-corrected chi connectivity index (χ3v) is 4.37. The number of hydrogen-bond acceptors (Lipinski definition) is 5. The number of sulfonamides is 1. The summed E-state index contributed by atoms with van der Waals surface area (Å²) in [5.41, 5.74) is -0.203. The maximum atomic E-state index is 13.7. The molecular formula is C13H10F2N4O2S. The molecule has 0 atom stereocenters. The molecule has 2 aromatic rings. The minimum atomic E-state index is -4.28. The predicted octanol–water partition coefficient (Wildman–Crippen LogP) is 1.97. The second-order valence-electron chi connectivity index (χ2n) is 4.53. The fourth-order valence-electron chi connectivity index (χ4n) is 2.02. The molecule has 114 valence electrons. The Kier molecular flexibility index (Phi) is 3.28. The van der Waals surface area contributed by atoms with Crippen molar-refractivity contribution in [3.8, 4) is 0 Å². The molecule has 1 aliphatic heterocycles. The summed E-state index contributed by atoms with van der Waals surface area (Å²) in [7, 11) is -2.75. The van der Waals surface area contributed by atoms with Gasteiger partial charge in [0.05, 0.1) is 5.69 Å². The Morgan fingerprint density at radius 2 is 2.00 bits per heavy atom. The molecular weight excluding hydrogens is 314 g/mol. The van der Waals surface area contributed by atoms with Crippen LogP contribution in [-0.4, -0.2) is 26.4 Å². The Morgan fingerprint density at radius 3 is 2.68 bits per heavy atom. The number of guanidine groups is 1. The standard InChI is InChI=1S/C13H10F2N4O2S/c1-19(11-4-2-3-5-16-11)13-17-10-7-8(14)6-9(15)12(10)22(20,21)18-13/h2-7H,1H3,(H,17,18). The maximum absolute atomic E-state index is 13.7. The Labute approximate surface area is 125 Å². The Hall–Kier alpha value is -2.55. The van der Waals surface area contributed by atoms with Crippen molar-refractivity contribution in [2.45, 2.75) is 4.90 Å². The molecule has 0 radical (unpaired) electrons. The number of benzene rings is 1. The Bertz CT molecular complexity index is 869. The minimum absolute atomic E-state index is 0.101. The van der Waals surface area contributed by atoms with Crippen LogP contribution in [0.3, 0.4) is 0 Å². The van der Waals surface area contributed by atoms with Crippen LogP contribution in [0, 0.1) is 11.6 Å². The summed E-state index contributed by atoms with van der Waals surface area (Å²) >= 11 is 0. The molecule has 6 nitrogen and oxygen atoms in total. The van der Waals surface area contributed by atoms with E-state index in [1.807, 2.05) is 0 Å². The number of nitrogens with zero attached hydrogens (tertiary/aromatic N) is 3. The van der Waals surface area contributed by atoms with Crippen molar-refractivity contribution in [1.29, 1.82) is 0 Å². The number of hydrogen-bond donors (Lipinski definition) is 1. The molecule has 0 saturated heterocycles. The number of halogens is 2. The zero-order chi connectivity index (χ0) is 15.9. The molecule has 9 heteroatoms. The third-order valence-electron chi connectivity index (χ3n) is 3.03. The van der Waals surface area contributed by atoms with Crippen LogP contribution in [0.1, 0.15) is 0 Å². The van der Waals surface area contributed by atoms with Gasteiger partial charge in [-0.3, -0.25) is 4.90 Å². The van der Waals surface area contributed by atoms with Crippen LogP contribution in [0.5, 0.6) is 0 Å². The fraction of sp³-hybridized carbons (Fsp3) is 0.0769. The van der Waals surface area contributed by atoms with Crippen LogP contribution < -0.4 is 10.2 Å². The van der Waals surface area contributed by atoms with E-state index in [0.29, 0.717) is 11.9 Å². The van der Waals surface area contributed by atoms with E-state index in [0.717, 1.165) is 6.07 Å². The molecule has 0 fully saturated rings. The summed E-state index contributed by atoms with van der Waals surface area (Å²) in [6.07, 6.45) is 1.52.